The van der Waals surface area contributed by atoms with E-state index in [1.54, 1.807) is 6.08 Å². The number of fused-ring (bicyclic) bond motifs is 1. The zero-order valence-electron chi connectivity index (χ0n) is 13.7. The number of hydrogen-bond acceptors (Lipinski definition) is 3. The summed E-state index contributed by atoms with van der Waals surface area (Å²) in [4.78, 5) is 0. The number of benzene rings is 1. The molecule has 1 atom stereocenters. The summed E-state index contributed by atoms with van der Waals surface area (Å²) in [6.45, 7) is 5.93. The molecule has 0 N–H and O–H groups in total. The van der Waals surface area contributed by atoms with E-state index in [0.717, 1.165) is 11.1 Å². The Morgan fingerprint density at radius 2 is 1.86 bits per heavy atom. The molecule has 1 aliphatic rings. The van der Waals surface area contributed by atoms with Crippen LogP contribution in [0.4, 0.5) is 0 Å². The van der Waals surface area contributed by atoms with E-state index >= 15 is 0 Å². The molecule has 0 heterocycles. The summed E-state index contributed by atoms with van der Waals surface area (Å²) < 4.78 is 25.0. The number of allylic oxidation sites excluding steroid dienone is 1. The third kappa shape index (κ3) is 4.08. The van der Waals surface area contributed by atoms with Gasteiger partial charge < -0.3 is 0 Å². The molecule has 0 aromatic heterocycles. The van der Waals surface area contributed by atoms with Crippen molar-refractivity contribution >= 4 is 41.1 Å². The van der Waals surface area contributed by atoms with Crippen LogP contribution >= 0.6 is 18.6 Å². The topological polar surface area (TPSA) is 35.5 Å². The van der Waals surface area contributed by atoms with E-state index in [4.69, 9.17) is 26.4 Å². The van der Waals surface area contributed by atoms with Gasteiger partial charge in [-0.15, -0.1) is 0 Å². The van der Waals surface area contributed by atoms with Crippen LogP contribution in [0, 0.1) is 0 Å². The van der Waals surface area contributed by atoms with Gasteiger partial charge in [0.25, 0.3) is 0 Å². The fraction of sp³-hybridized carbons (Fsp3) is 0.429. The maximum atomic E-state index is 14.1. The van der Waals surface area contributed by atoms with Gasteiger partial charge in [0.15, 0.2) is 0 Å². The maximum absolute atomic E-state index is 14.1. The Kier molecular flexibility index (Phi) is 3.68. The molecule has 0 bridgehead atoms. The summed E-state index contributed by atoms with van der Waals surface area (Å²) >= 11 is 0. The molecule has 0 saturated carbocycles. The Balaban J connectivity index is 2.44. The van der Waals surface area contributed by atoms with Crippen molar-refractivity contribution in [2.75, 3.05) is 6.79 Å². The van der Waals surface area contributed by atoms with Crippen LogP contribution in [0.2, 0.25) is 24.9 Å². The van der Waals surface area contributed by atoms with Crippen LogP contribution in [-0.4, -0.2) is 23.2 Å². The van der Waals surface area contributed by atoms with Gasteiger partial charge in [-0.2, -0.15) is 0 Å². The second kappa shape index (κ2) is 4.32. The zero-order chi connectivity index (χ0) is 17.0. The molecule has 0 saturated heterocycles. The summed E-state index contributed by atoms with van der Waals surface area (Å²) in [5, 5.41) is 1.41. The van der Waals surface area contributed by atoms with Gasteiger partial charge >= 0.3 is 140 Å². The molecule has 1 aromatic carbocycles. The van der Waals surface area contributed by atoms with Gasteiger partial charge in [0.05, 0.1) is 0 Å². The van der Waals surface area contributed by atoms with Gasteiger partial charge in [0.2, 0.25) is 0 Å². The first-order chi connectivity index (χ1) is 9.53. The van der Waals surface area contributed by atoms with Crippen molar-refractivity contribution in [1.29, 1.82) is 0 Å². The summed E-state index contributed by atoms with van der Waals surface area (Å²) in [5.41, 5.74) is 1.83. The van der Waals surface area contributed by atoms with Gasteiger partial charge in [-0.3, -0.25) is 0 Å². The van der Waals surface area contributed by atoms with Crippen molar-refractivity contribution in [3.8, 4) is 0 Å². The molecular formula is C14H24Cl2O3Si2Ti. The molecule has 1 aliphatic carbocycles. The standard InChI is InChI=1S/C9H7.C4H11O2Si.CH3.2ClH.O.H3Si.Ti/c1-2-5-9-7-3-6-8(9)4-1;1-7(2,3)6-4-5;;;;;;/h1-7H;4H2,1-3H3;1H3;2*1H;;1H3;/q;-1;;;;;;+3/p-2. The van der Waals surface area contributed by atoms with Gasteiger partial charge in [-0.1, -0.05) is 0 Å². The second-order valence-corrected chi connectivity index (χ2v) is 57.8. The molecule has 8 heteroatoms. The van der Waals surface area contributed by atoms with Crippen LogP contribution < -0.4 is 0 Å². The molecule has 1 unspecified atom stereocenters. The first-order valence-electron chi connectivity index (χ1n) is 7.43. The van der Waals surface area contributed by atoms with Crippen LogP contribution in [0.3, 0.4) is 0 Å². The SMILES string of the molecule is C[Si](C)(C)OC[O][Ti]([CH3])(=[O])([SiH3])([Cl])([Cl])[CH]1C=Cc2ccccc21. The summed E-state index contributed by atoms with van der Waals surface area (Å²) in [5.74, 6) is 0. The molecule has 0 spiro atoms. The third-order valence-corrected chi connectivity index (χ3v) is 17.7. The second-order valence-electron chi connectivity index (χ2n) is 8.55. The minimum atomic E-state index is -6.41. The summed E-state index contributed by atoms with van der Waals surface area (Å²) in [6.07, 6.45) is 3.70. The molecule has 124 valence electrons. The summed E-state index contributed by atoms with van der Waals surface area (Å²) in [6, 6.07) is 7.67. The molecule has 0 fully saturated rings. The number of rotatable bonds is 5. The minimum absolute atomic E-state index is 0.00345. The molecule has 22 heavy (non-hydrogen) atoms. The number of halogens is 2. The van der Waals surface area contributed by atoms with Crippen molar-refractivity contribution in [3.05, 3.63) is 41.5 Å². The van der Waals surface area contributed by atoms with Crippen molar-refractivity contribution in [2.24, 2.45) is 0 Å². The van der Waals surface area contributed by atoms with Crippen LogP contribution in [-0.2, 0) is 21.3 Å². The van der Waals surface area contributed by atoms with Gasteiger partial charge in [-0.25, -0.2) is 0 Å². The summed E-state index contributed by atoms with van der Waals surface area (Å²) in [7, 11) is 5.32. The predicted octanol–water partition coefficient (Wildman–Crippen LogP) is 4.24. The fourth-order valence-electron chi connectivity index (χ4n) is 2.67. The zero-order valence-corrected chi connectivity index (χ0v) is 19.8. The molecule has 1 aromatic rings. The molecule has 3 nitrogen and oxygen atoms in total. The Bertz CT molecular complexity index is 756. The van der Waals surface area contributed by atoms with E-state index in [2.05, 4.69) is 0 Å². The molecule has 0 amide bonds. The Labute approximate surface area is 139 Å². The first-order valence-corrected chi connectivity index (χ1v) is 24.6. The predicted molar refractivity (Wildman–Crippen MR) is 96.8 cm³/mol. The van der Waals surface area contributed by atoms with Crippen molar-refractivity contribution in [3.63, 3.8) is 0 Å². The average Bonchev–Trinajstić information content (AvgIpc) is 2.69. The normalized spacial score (nSPS) is 23.4. The van der Waals surface area contributed by atoms with E-state index in [9.17, 15) is 3.32 Å². The Morgan fingerprint density at radius 3 is 2.45 bits per heavy atom. The van der Waals surface area contributed by atoms with Gasteiger partial charge in [0, 0.05) is 0 Å². The van der Waals surface area contributed by atoms with E-state index in [0.29, 0.717) is 0 Å². The molecule has 0 radical (unpaired) electrons. The Morgan fingerprint density at radius 1 is 1.27 bits per heavy atom. The van der Waals surface area contributed by atoms with Crippen molar-refractivity contribution < 1.29 is 21.3 Å². The third-order valence-electron chi connectivity index (χ3n) is 4.00. The van der Waals surface area contributed by atoms with Gasteiger partial charge in [0.1, 0.15) is 0 Å². The van der Waals surface area contributed by atoms with E-state index in [-0.39, 0.29) is 14.9 Å². The van der Waals surface area contributed by atoms with Crippen LogP contribution in [0.5, 0.6) is 0 Å². The number of hydrogen-bond donors (Lipinski definition) is 0. The van der Waals surface area contributed by atoms with E-state index < -0.39 is 22.8 Å². The van der Waals surface area contributed by atoms with E-state index in [1.807, 2.05) is 50.0 Å². The van der Waals surface area contributed by atoms with Gasteiger partial charge in [-0.05, 0) is 0 Å². The average molecular weight is 415 g/mol. The molecule has 2 rings (SSSR count). The quantitative estimate of drug-likeness (QED) is 0.533. The molecule has 0 aliphatic heterocycles. The van der Waals surface area contributed by atoms with Crippen molar-refractivity contribution in [1.82, 2.24) is 0 Å². The van der Waals surface area contributed by atoms with E-state index in [1.165, 1.54) is 5.23 Å². The van der Waals surface area contributed by atoms with Crippen LogP contribution in [0.1, 0.15) is 15.3 Å². The first kappa shape index (κ1) is 18.7. The fourth-order valence-corrected chi connectivity index (χ4v) is 12.2. The van der Waals surface area contributed by atoms with Crippen LogP contribution in [0.25, 0.3) is 6.08 Å². The van der Waals surface area contributed by atoms with Crippen LogP contribution in [0.15, 0.2) is 30.3 Å². The van der Waals surface area contributed by atoms with Crippen molar-refractivity contribution in [2.45, 2.75) is 29.1 Å². The monoisotopic (exact) mass is 414 g/mol. The Hall–Kier alpha value is 0.408. The molecular weight excluding hydrogens is 391 g/mol.